The first-order valence-electron chi connectivity index (χ1n) is 6.67. The summed E-state index contributed by atoms with van der Waals surface area (Å²) in [4.78, 5) is 11.8. The Labute approximate surface area is 125 Å². The quantitative estimate of drug-likeness (QED) is 0.636. The molecule has 2 N–H and O–H groups in total. The van der Waals surface area contributed by atoms with Gasteiger partial charge in [-0.1, -0.05) is 12.1 Å². The van der Waals surface area contributed by atoms with Gasteiger partial charge in [-0.05, 0) is 17.7 Å². The zero-order valence-corrected chi connectivity index (χ0v) is 13.2. The Bertz CT molecular complexity index is 541. The van der Waals surface area contributed by atoms with Crippen LogP contribution in [0.1, 0.15) is 15.9 Å². The van der Waals surface area contributed by atoms with Crippen molar-refractivity contribution in [2.24, 2.45) is 0 Å². The monoisotopic (exact) mass is 314 g/mol. The van der Waals surface area contributed by atoms with Crippen LogP contribution in [-0.4, -0.2) is 53.9 Å². The van der Waals surface area contributed by atoms with Crippen molar-refractivity contribution in [3.8, 4) is 0 Å². The van der Waals surface area contributed by atoms with Gasteiger partial charge in [-0.15, -0.1) is 0 Å². The van der Waals surface area contributed by atoms with Gasteiger partial charge in [-0.2, -0.15) is 0 Å². The van der Waals surface area contributed by atoms with Crippen molar-refractivity contribution >= 4 is 15.7 Å². The van der Waals surface area contributed by atoms with E-state index in [0.29, 0.717) is 30.8 Å². The number of nitrogens with one attached hydrogen (secondary N) is 2. The van der Waals surface area contributed by atoms with Gasteiger partial charge in [0.2, 0.25) is 0 Å². The van der Waals surface area contributed by atoms with Crippen LogP contribution in [0.2, 0.25) is 0 Å². The predicted molar refractivity (Wildman–Crippen MR) is 82.1 cm³/mol. The van der Waals surface area contributed by atoms with Gasteiger partial charge in [0.1, 0.15) is 0 Å². The summed E-state index contributed by atoms with van der Waals surface area (Å²) in [5, 5.41) is 5.90. The van der Waals surface area contributed by atoms with E-state index in [2.05, 4.69) is 10.6 Å². The van der Waals surface area contributed by atoms with Crippen LogP contribution in [0, 0.1) is 0 Å². The van der Waals surface area contributed by atoms with E-state index in [1.54, 1.807) is 31.4 Å². The number of ether oxygens (including phenoxy) is 1. The molecule has 0 spiro atoms. The van der Waals surface area contributed by atoms with E-state index in [4.69, 9.17) is 4.74 Å². The molecule has 118 valence electrons. The molecule has 0 aliphatic carbocycles. The van der Waals surface area contributed by atoms with Gasteiger partial charge in [0, 0.05) is 38.6 Å². The van der Waals surface area contributed by atoms with Gasteiger partial charge in [-0.25, -0.2) is 8.42 Å². The van der Waals surface area contributed by atoms with Crippen LogP contribution in [0.25, 0.3) is 0 Å². The molecule has 21 heavy (non-hydrogen) atoms. The molecule has 0 unspecified atom stereocenters. The second kappa shape index (κ2) is 8.76. The number of hydrogen-bond acceptors (Lipinski definition) is 5. The molecule has 0 fully saturated rings. The lowest BCUT2D eigenvalue weighted by molar-refractivity contribution is 0.0953. The van der Waals surface area contributed by atoms with E-state index in [9.17, 15) is 13.2 Å². The number of amides is 1. The Balaban J connectivity index is 2.38. The van der Waals surface area contributed by atoms with E-state index >= 15 is 0 Å². The Morgan fingerprint density at radius 3 is 2.38 bits per heavy atom. The summed E-state index contributed by atoms with van der Waals surface area (Å²) in [6.07, 6.45) is 1.18. The Morgan fingerprint density at radius 2 is 1.81 bits per heavy atom. The van der Waals surface area contributed by atoms with Crippen LogP contribution >= 0.6 is 0 Å². The molecule has 0 saturated heterocycles. The van der Waals surface area contributed by atoms with Crippen molar-refractivity contribution in [2.45, 2.75) is 5.75 Å². The fourth-order valence-electron chi connectivity index (χ4n) is 1.72. The van der Waals surface area contributed by atoms with Crippen LogP contribution in [0.15, 0.2) is 24.3 Å². The maximum atomic E-state index is 11.8. The van der Waals surface area contributed by atoms with Gasteiger partial charge >= 0.3 is 0 Å². The second-order valence-corrected chi connectivity index (χ2v) is 6.91. The maximum absolute atomic E-state index is 11.8. The van der Waals surface area contributed by atoms with Crippen molar-refractivity contribution in [3.05, 3.63) is 35.4 Å². The third kappa shape index (κ3) is 7.79. The molecule has 7 heteroatoms. The van der Waals surface area contributed by atoms with E-state index in [0.717, 1.165) is 6.54 Å². The SMILES string of the molecule is COCCNCCNC(=O)c1ccc(CS(C)(=O)=O)cc1. The van der Waals surface area contributed by atoms with E-state index in [-0.39, 0.29) is 11.7 Å². The fraction of sp³-hybridized carbons (Fsp3) is 0.500. The number of methoxy groups -OCH3 is 1. The molecule has 1 rings (SSSR count). The summed E-state index contributed by atoms with van der Waals surface area (Å²) in [6, 6.07) is 6.59. The van der Waals surface area contributed by atoms with Crippen LogP contribution in [0.5, 0.6) is 0 Å². The van der Waals surface area contributed by atoms with Gasteiger partial charge in [-0.3, -0.25) is 4.79 Å². The highest BCUT2D eigenvalue weighted by Gasteiger charge is 2.07. The number of rotatable bonds is 9. The van der Waals surface area contributed by atoms with Crippen molar-refractivity contribution in [3.63, 3.8) is 0 Å². The number of carbonyl (C=O) groups is 1. The molecule has 1 aromatic carbocycles. The first kappa shape index (κ1) is 17.6. The first-order chi connectivity index (χ1) is 9.92. The molecule has 1 aromatic rings. The van der Waals surface area contributed by atoms with Crippen molar-refractivity contribution in [1.29, 1.82) is 0 Å². The minimum absolute atomic E-state index is 0.0156. The lowest BCUT2D eigenvalue weighted by Gasteiger charge is -2.07. The largest absolute Gasteiger partial charge is 0.383 e. The second-order valence-electron chi connectivity index (χ2n) is 4.77. The minimum atomic E-state index is -3.05. The molecule has 0 saturated carbocycles. The highest BCUT2D eigenvalue weighted by atomic mass is 32.2. The van der Waals surface area contributed by atoms with Crippen LogP contribution in [0.3, 0.4) is 0 Å². The van der Waals surface area contributed by atoms with Crippen molar-refractivity contribution in [2.75, 3.05) is 39.6 Å². The maximum Gasteiger partial charge on any atom is 0.251 e. The highest BCUT2D eigenvalue weighted by Crippen LogP contribution is 2.07. The minimum Gasteiger partial charge on any atom is -0.383 e. The third-order valence-electron chi connectivity index (χ3n) is 2.72. The number of benzene rings is 1. The lowest BCUT2D eigenvalue weighted by atomic mass is 10.1. The predicted octanol–water partition coefficient (Wildman–Crippen LogP) is 0.197. The topological polar surface area (TPSA) is 84.5 Å². The Kier molecular flexibility index (Phi) is 7.35. The number of sulfone groups is 1. The zero-order chi connectivity index (χ0) is 15.7. The van der Waals surface area contributed by atoms with Crippen molar-refractivity contribution in [1.82, 2.24) is 10.6 Å². The van der Waals surface area contributed by atoms with E-state index in [1.165, 1.54) is 6.26 Å². The molecule has 0 heterocycles. The Hall–Kier alpha value is -1.44. The normalized spacial score (nSPS) is 11.3. The first-order valence-corrected chi connectivity index (χ1v) is 8.73. The average molecular weight is 314 g/mol. The van der Waals surface area contributed by atoms with Crippen LogP contribution < -0.4 is 10.6 Å². The van der Waals surface area contributed by atoms with E-state index < -0.39 is 9.84 Å². The summed E-state index contributed by atoms with van der Waals surface area (Å²) >= 11 is 0. The van der Waals surface area contributed by atoms with Gasteiger partial charge in [0.05, 0.1) is 12.4 Å². The summed E-state index contributed by atoms with van der Waals surface area (Å²) in [5.74, 6) is -0.187. The third-order valence-corrected chi connectivity index (χ3v) is 3.57. The smallest absolute Gasteiger partial charge is 0.251 e. The molecular formula is C14H22N2O4S. The molecular weight excluding hydrogens is 292 g/mol. The highest BCUT2D eigenvalue weighted by molar-refractivity contribution is 7.89. The van der Waals surface area contributed by atoms with Crippen molar-refractivity contribution < 1.29 is 17.9 Å². The number of carbonyl (C=O) groups excluding carboxylic acids is 1. The number of hydrogen-bond donors (Lipinski definition) is 2. The van der Waals surface area contributed by atoms with Crippen LogP contribution in [-0.2, 0) is 20.3 Å². The average Bonchev–Trinajstić information content (AvgIpc) is 2.41. The summed E-state index contributed by atoms with van der Waals surface area (Å²) < 4.78 is 27.2. The van der Waals surface area contributed by atoms with Gasteiger partial charge in [0.15, 0.2) is 9.84 Å². The standard InChI is InChI=1S/C14H22N2O4S/c1-20-10-9-15-7-8-16-14(17)13-5-3-12(4-6-13)11-21(2,18)19/h3-6,15H,7-11H2,1-2H3,(H,16,17). The van der Waals surface area contributed by atoms with Gasteiger partial charge in [0.25, 0.3) is 5.91 Å². The van der Waals surface area contributed by atoms with Gasteiger partial charge < -0.3 is 15.4 Å². The zero-order valence-electron chi connectivity index (χ0n) is 12.4. The summed E-state index contributed by atoms with van der Waals surface area (Å²) in [5.41, 5.74) is 1.19. The molecule has 0 atom stereocenters. The fourth-order valence-corrected chi connectivity index (χ4v) is 2.52. The van der Waals surface area contributed by atoms with E-state index in [1.807, 2.05) is 0 Å². The van der Waals surface area contributed by atoms with Crippen LogP contribution in [0.4, 0.5) is 0 Å². The lowest BCUT2D eigenvalue weighted by Crippen LogP contribution is -2.33. The Morgan fingerprint density at radius 1 is 1.14 bits per heavy atom. The summed E-state index contributed by atoms with van der Waals surface area (Å²) in [6.45, 7) is 2.57. The molecule has 0 aliphatic rings. The summed E-state index contributed by atoms with van der Waals surface area (Å²) in [7, 11) is -1.42. The molecule has 6 nitrogen and oxygen atoms in total. The molecule has 0 radical (unpaired) electrons. The molecule has 1 amide bonds. The molecule has 0 aromatic heterocycles. The molecule has 0 bridgehead atoms. The molecule has 0 aliphatic heterocycles.